The zero-order valence-electron chi connectivity index (χ0n) is 17.1. The van der Waals surface area contributed by atoms with Crippen molar-refractivity contribution in [3.63, 3.8) is 0 Å². The predicted octanol–water partition coefficient (Wildman–Crippen LogP) is 4.55. The van der Waals surface area contributed by atoms with E-state index < -0.39 is 12.3 Å². The van der Waals surface area contributed by atoms with Gasteiger partial charge in [0, 0.05) is 32.3 Å². The Morgan fingerprint density at radius 2 is 1.70 bits per heavy atom. The summed E-state index contributed by atoms with van der Waals surface area (Å²) in [6.07, 6.45) is 0.549. The van der Waals surface area contributed by atoms with Crippen LogP contribution in [0, 0.1) is 0 Å². The van der Waals surface area contributed by atoms with Gasteiger partial charge < -0.3 is 14.4 Å². The number of anilines is 1. The summed E-state index contributed by atoms with van der Waals surface area (Å²) in [6, 6.07) is 26.2. The van der Waals surface area contributed by atoms with Crippen molar-refractivity contribution < 1.29 is 14.3 Å². The summed E-state index contributed by atoms with van der Waals surface area (Å²) in [5.74, 6) is 0.544. The van der Waals surface area contributed by atoms with Gasteiger partial charge in [-0.1, -0.05) is 60.7 Å². The van der Waals surface area contributed by atoms with E-state index in [2.05, 4.69) is 34.5 Å². The minimum Gasteiger partial charge on any atom is -0.410 e. The molecule has 1 unspecified atom stereocenters. The van der Waals surface area contributed by atoms with Gasteiger partial charge in [-0.05, 0) is 41.3 Å². The average molecular weight is 402 g/mol. The van der Waals surface area contributed by atoms with Gasteiger partial charge in [-0.15, -0.1) is 0 Å². The highest BCUT2D eigenvalue weighted by molar-refractivity contribution is 5.71. The van der Waals surface area contributed by atoms with E-state index >= 15 is 0 Å². The lowest BCUT2D eigenvalue weighted by molar-refractivity contribution is 0.0738. The fourth-order valence-electron chi connectivity index (χ4n) is 3.77. The van der Waals surface area contributed by atoms with Gasteiger partial charge in [0.15, 0.2) is 0 Å². The first-order valence-corrected chi connectivity index (χ1v) is 10.2. The number of nitrogens with one attached hydrogen (secondary N) is 1. The summed E-state index contributed by atoms with van der Waals surface area (Å²) < 4.78 is 10.9. The third-order valence-corrected chi connectivity index (χ3v) is 5.30. The zero-order chi connectivity index (χ0) is 20.8. The van der Waals surface area contributed by atoms with E-state index in [1.807, 2.05) is 54.6 Å². The fourth-order valence-corrected chi connectivity index (χ4v) is 3.77. The number of nitrogens with zero attached hydrogens (tertiary/aromatic N) is 1. The smallest absolute Gasteiger partial charge is 0.410 e. The molecule has 1 amide bonds. The number of fused-ring (bicyclic) bond motifs is 1. The van der Waals surface area contributed by atoms with Gasteiger partial charge in [-0.25, -0.2) is 4.79 Å². The summed E-state index contributed by atoms with van der Waals surface area (Å²) >= 11 is 0. The van der Waals surface area contributed by atoms with Crippen molar-refractivity contribution in [2.24, 2.45) is 0 Å². The molecule has 0 spiro atoms. The molecule has 4 rings (SSSR count). The molecule has 3 aromatic carbocycles. The van der Waals surface area contributed by atoms with Crippen molar-refractivity contribution in [1.29, 1.82) is 0 Å². The second-order valence-electron chi connectivity index (χ2n) is 7.40. The highest BCUT2D eigenvalue weighted by atomic mass is 16.6. The number of rotatable bonds is 7. The van der Waals surface area contributed by atoms with E-state index in [0.29, 0.717) is 12.2 Å². The van der Waals surface area contributed by atoms with E-state index in [0.717, 1.165) is 25.1 Å². The lowest BCUT2D eigenvalue weighted by atomic mass is 10.1. The molecule has 0 bridgehead atoms. The van der Waals surface area contributed by atoms with Gasteiger partial charge in [0.05, 0.1) is 0 Å². The fraction of sp³-hybridized carbons (Fsp3) is 0.240. The number of carbonyl (C=O) groups is 1. The van der Waals surface area contributed by atoms with Crippen LogP contribution in [0.4, 0.5) is 10.5 Å². The normalized spacial score (nSPS) is 13.6. The molecule has 1 heterocycles. The van der Waals surface area contributed by atoms with Crippen molar-refractivity contribution in [2.45, 2.75) is 25.6 Å². The Labute approximate surface area is 177 Å². The Bertz CT molecular complexity index is 976. The van der Waals surface area contributed by atoms with E-state index in [1.165, 1.54) is 16.8 Å². The second kappa shape index (κ2) is 9.46. The monoisotopic (exact) mass is 402 g/mol. The molecule has 1 atom stereocenters. The maximum Gasteiger partial charge on any atom is 0.414 e. The lowest BCUT2D eigenvalue weighted by Crippen LogP contribution is -2.39. The third kappa shape index (κ3) is 4.99. The van der Waals surface area contributed by atoms with E-state index in [1.54, 1.807) is 7.11 Å². The first-order chi connectivity index (χ1) is 14.7. The number of amides is 1. The standard InChI is InChI=1S/C25H26N2O3/c1-29-24(16-19-8-4-2-5-9-19)26-25(28)30-22-12-13-23-21(17-22)14-15-27(23)18-20-10-6-3-7-11-20/h2-13,17,24H,14-16,18H2,1H3,(H,26,28). The summed E-state index contributed by atoms with van der Waals surface area (Å²) in [5.41, 5.74) is 4.77. The average Bonchev–Trinajstić information content (AvgIpc) is 3.16. The van der Waals surface area contributed by atoms with Crippen LogP contribution >= 0.6 is 0 Å². The van der Waals surface area contributed by atoms with Crippen molar-refractivity contribution in [3.05, 3.63) is 95.6 Å². The van der Waals surface area contributed by atoms with Crippen LogP contribution in [0.1, 0.15) is 16.7 Å². The molecule has 5 nitrogen and oxygen atoms in total. The van der Waals surface area contributed by atoms with Gasteiger partial charge >= 0.3 is 6.09 Å². The van der Waals surface area contributed by atoms with Crippen LogP contribution in [-0.4, -0.2) is 26.0 Å². The Hall–Kier alpha value is -3.31. The summed E-state index contributed by atoms with van der Waals surface area (Å²) in [4.78, 5) is 14.7. The molecular weight excluding hydrogens is 376 g/mol. The Kier molecular flexibility index (Phi) is 6.30. The number of carbonyl (C=O) groups excluding carboxylic acids is 1. The molecule has 3 aromatic rings. The van der Waals surface area contributed by atoms with Gasteiger partial charge in [0.1, 0.15) is 12.0 Å². The minimum absolute atomic E-state index is 0.448. The summed E-state index contributed by atoms with van der Waals surface area (Å²) in [6.45, 7) is 1.84. The largest absolute Gasteiger partial charge is 0.414 e. The molecule has 0 radical (unpaired) electrons. The van der Waals surface area contributed by atoms with Crippen LogP contribution in [-0.2, 0) is 24.1 Å². The highest BCUT2D eigenvalue weighted by Gasteiger charge is 2.21. The molecule has 154 valence electrons. The van der Waals surface area contributed by atoms with Gasteiger partial charge in [-0.2, -0.15) is 0 Å². The number of methoxy groups -OCH3 is 1. The topological polar surface area (TPSA) is 50.8 Å². The van der Waals surface area contributed by atoms with Crippen LogP contribution < -0.4 is 15.0 Å². The van der Waals surface area contributed by atoms with Crippen LogP contribution in [0.3, 0.4) is 0 Å². The van der Waals surface area contributed by atoms with Crippen LogP contribution in [0.5, 0.6) is 5.75 Å². The minimum atomic E-state index is -0.517. The van der Waals surface area contributed by atoms with Crippen molar-refractivity contribution in [2.75, 3.05) is 18.6 Å². The molecule has 5 heteroatoms. The molecule has 30 heavy (non-hydrogen) atoms. The Morgan fingerprint density at radius 1 is 1.00 bits per heavy atom. The molecule has 1 aliphatic heterocycles. The van der Waals surface area contributed by atoms with Gasteiger partial charge in [-0.3, -0.25) is 5.32 Å². The van der Waals surface area contributed by atoms with E-state index in [4.69, 9.17) is 9.47 Å². The maximum absolute atomic E-state index is 12.4. The number of hydrogen-bond donors (Lipinski definition) is 1. The lowest BCUT2D eigenvalue weighted by Gasteiger charge is -2.20. The maximum atomic E-state index is 12.4. The van der Waals surface area contributed by atoms with Crippen molar-refractivity contribution in [1.82, 2.24) is 5.32 Å². The van der Waals surface area contributed by atoms with Crippen molar-refractivity contribution in [3.8, 4) is 5.75 Å². The molecule has 1 aliphatic rings. The molecule has 0 saturated carbocycles. The second-order valence-corrected chi connectivity index (χ2v) is 7.40. The Morgan fingerprint density at radius 3 is 2.40 bits per heavy atom. The quantitative estimate of drug-likeness (QED) is 0.589. The van der Waals surface area contributed by atoms with Gasteiger partial charge in [0.25, 0.3) is 0 Å². The Balaban J connectivity index is 1.35. The molecule has 0 saturated heterocycles. The SMILES string of the molecule is COC(Cc1ccccc1)NC(=O)Oc1ccc2c(c1)CCN2Cc1ccccc1. The molecule has 0 aromatic heterocycles. The highest BCUT2D eigenvalue weighted by Crippen LogP contribution is 2.32. The predicted molar refractivity (Wildman–Crippen MR) is 118 cm³/mol. The number of ether oxygens (including phenoxy) is 2. The van der Waals surface area contributed by atoms with Crippen LogP contribution in [0.25, 0.3) is 0 Å². The molecule has 0 aliphatic carbocycles. The summed E-state index contributed by atoms with van der Waals surface area (Å²) in [5, 5.41) is 2.78. The van der Waals surface area contributed by atoms with Crippen LogP contribution in [0.2, 0.25) is 0 Å². The zero-order valence-corrected chi connectivity index (χ0v) is 17.1. The first kappa shape index (κ1) is 20.0. The third-order valence-electron chi connectivity index (χ3n) is 5.30. The summed E-state index contributed by atoms with van der Waals surface area (Å²) in [7, 11) is 1.57. The molecular formula is C25H26N2O3. The number of benzene rings is 3. The molecule has 0 fully saturated rings. The van der Waals surface area contributed by atoms with Crippen molar-refractivity contribution >= 4 is 11.8 Å². The van der Waals surface area contributed by atoms with Gasteiger partial charge in [0.2, 0.25) is 0 Å². The first-order valence-electron chi connectivity index (χ1n) is 10.2. The molecule has 1 N–H and O–H groups in total. The van der Waals surface area contributed by atoms with E-state index in [-0.39, 0.29) is 0 Å². The van der Waals surface area contributed by atoms with E-state index in [9.17, 15) is 4.79 Å². The van der Waals surface area contributed by atoms with Crippen LogP contribution in [0.15, 0.2) is 78.9 Å². The number of hydrogen-bond acceptors (Lipinski definition) is 4.